The summed E-state index contributed by atoms with van der Waals surface area (Å²) >= 11 is 5.86. The van der Waals surface area contributed by atoms with Crippen molar-refractivity contribution in [1.29, 1.82) is 0 Å². The number of hydrogen-bond acceptors (Lipinski definition) is 3. The maximum absolute atomic E-state index is 12.0. The van der Waals surface area contributed by atoms with Crippen LogP contribution in [0.3, 0.4) is 0 Å². The van der Waals surface area contributed by atoms with Crippen molar-refractivity contribution in [2.24, 2.45) is 5.92 Å². The molecule has 1 saturated carbocycles. The van der Waals surface area contributed by atoms with Crippen LogP contribution in [0.1, 0.15) is 24.8 Å². The van der Waals surface area contributed by atoms with Crippen LogP contribution in [0.25, 0.3) is 0 Å². The predicted molar refractivity (Wildman–Crippen MR) is 80.8 cm³/mol. The number of sulfonamides is 1. The molecule has 1 aromatic rings. The Balaban J connectivity index is 1.77. The van der Waals surface area contributed by atoms with Gasteiger partial charge >= 0.3 is 5.97 Å². The summed E-state index contributed by atoms with van der Waals surface area (Å²) in [6, 6.07) is 7.00. The number of carbonyl (C=O) groups is 1. The van der Waals surface area contributed by atoms with Crippen molar-refractivity contribution in [2.75, 3.05) is 5.75 Å². The summed E-state index contributed by atoms with van der Waals surface area (Å²) in [5.74, 6) is -0.738. The number of carboxylic acids is 1. The Hall–Kier alpha value is -1.11. The van der Waals surface area contributed by atoms with Crippen LogP contribution in [0.4, 0.5) is 0 Å². The molecule has 0 atom stereocenters. The van der Waals surface area contributed by atoms with E-state index in [0.717, 1.165) is 5.56 Å². The second-order valence-corrected chi connectivity index (χ2v) is 7.76. The number of carboxylic acid groups (broad SMARTS) is 1. The molecule has 2 rings (SSSR count). The molecule has 0 unspecified atom stereocenters. The average molecular weight is 332 g/mol. The van der Waals surface area contributed by atoms with Gasteiger partial charge < -0.3 is 5.11 Å². The van der Waals surface area contributed by atoms with Crippen LogP contribution >= 0.6 is 11.6 Å². The molecule has 7 heteroatoms. The number of hydrogen-bond donors (Lipinski definition) is 2. The number of aryl methyl sites for hydroxylation is 1. The number of halogens is 1. The monoisotopic (exact) mass is 331 g/mol. The summed E-state index contributed by atoms with van der Waals surface area (Å²) in [5.41, 5.74) is 0.880. The molecule has 0 amide bonds. The lowest BCUT2D eigenvalue weighted by atomic mass is 9.79. The van der Waals surface area contributed by atoms with Gasteiger partial charge in [0.25, 0.3) is 0 Å². The molecule has 0 radical (unpaired) electrons. The Bertz CT molecular complexity index is 611. The van der Waals surface area contributed by atoms with E-state index in [1.807, 2.05) is 6.07 Å². The number of aliphatic carboxylic acids is 1. The van der Waals surface area contributed by atoms with Gasteiger partial charge in [-0.15, -0.1) is 0 Å². The van der Waals surface area contributed by atoms with Crippen LogP contribution in [-0.4, -0.2) is 31.3 Å². The first kappa shape index (κ1) is 16.3. The molecule has 1 aromatic carbocycles. The summed E-state index contributed by atoms with van der Waals surface area (Å²) in [5, 5.41) is 9.24. The zero-order valence-corrected chi connectivity index (χ0v) is 13.0. The van der Waals surface area contributed by atoms with Crippen molar-refractivity contribution in [1.82, 2.24) is 4.72 Å². The minimum absolute atomic E-state index is 0.00738. The van der Waals surface area contributed by atoms with E-state index in [9.17, 15) is 13.2 Å². The first-order chi connectivity index (χ1) is 9.84. The van der Waals surface area contributed by atoms with Crippen LogP contribution < -0.4 is 4.72 Å². The van der Waals surface area contributed by atoms with Gasteiger partial charge in [-0.25, -0.2) is 13.1 Å². The highest BCUT2D eigenvalue weighted by Gasteiger charge is 2.33. The van der Waals surface area contributed by atoms with Gasteiger partial charge in [-0.2, -0.15) is 0 Å². The van der Waals surface area contributed by atoms with Gasteiger partial charge in [0.2, 0.25) is 10.0 Å². The summed E-state index contributed by atoms with van der Waals surface area (Å²) in [4.78, 5) is 10.5. The van der Waals surface area contributed by atoms with Crippen LogP contribution in [0.15, 0.2) is 24.3 Å². The molecule has 1 fully saturated rings. The topological polar surface area (TPSA) is 83.5 Å². The molecule has 5 nitrogen and oxygen atoms in total. The fraction of sp³-hybridized carbons (Fsp3) is 0.500. The molecule has 0 bridgehead atoms. The van der Waals surface area contributed by atoms with E-state index in [0.29, 0.717) is 24.3 Å². The molecule has 2 N–H and O–H groups in total. The van der Waals surface area contributed by atoms with E-state index in [1.54, 1.807) is 18.2 Å². The van der Waals surface area contributed by atoms with Crippen molar-refractivity contribution in [3.05, 3.63) is 34.9 Å². The van der Waals surface area contributed by atoms with Crippen molar-refractivity contribution in [2.45, 2.75) is 31.7 Å². The second-order valence-electron chi connectivity index (χ2n) is 5.45. The van der Waals surface area contributed by atoms with Gasteiger partial charge in [-0.3, -0.25) is 4.79 Å². The highest BCUT2D eigenvalue weighted by molar-refractivity contribution is 7.89. The fourth-order valence-electron chi connectivity index (χ4n) is 2.50. The number of nitrogens with one attached hydrogen (secondary N) is 1. The highest BCUT2D eigenvalue weighted by Crippen LogP contribution is 2.30. The fourth-order valence-corrected chi connectivity index (χ4v) is 4.04. The number of benzene rings is 1. The molecule has 0 heterocycles. The Morgan fingerprint density at radius 1 is 1.38 bits per heavy atom. The third-order valence-electron chi connectivity index (χ3n) is 3.59. The lowest BCUT2D eigenvalue weighted by Crippen LogP contribution is -2.45. The molecular weight excluding hydrogens is 314 g/mol. The maximum atomic E-state index is 12.0. The van der Waals surface area contributed by atoms with Gasteiger partial charge in [0, 0.05) is 17.5 Å². The first-order valence-corrected chi connectivity index (χ1v) is 8.83. The van der Waals surface area contributed by atoms with Crippen LogP contribution in [0.5, 0.6) is 0 Å². The van der Waals surface area contributed by atoms with Gasteiger partial charge in [-0.1, -0.05) is 23.7 Å². The first-order valence-electron chi connectivity index (χ1n) is 6.80. The highest BCUT2D eigenvalue weighted by atomic mass is 35.5. The molecule has 1 aliphatic rings. The van der Waals surface area contributed by atoms with E-state index in [1.165, 1.54) is 0 Å². The molecular formula is C14H18ClNO4S. The molecule has 21 heavy (non-hydrogen) atoms. The van der Waals surface area contributed by atoms with Crippen molar-refractivity contribution in [3.8, 4) is 0 Å². The molecule has 0 aromatic heterocycles. The summed E-state index contributed by atoms with van der Waals surface area (Å²) in [7, 11) is -3.35. The number of rotatable bonds is 7. The van der Waals surface area contributed by atoms with Crippen LogP contribution in [0.2, 0.25) is 5.02 Å². The van der Waals surface area contributed by atoms with Crippen molar-refractivity contribution in [3.63, 3.8) is 0 Å². The van der Waals surface area contributed by atoms with Crippen LogP contribution in [-0.2, 0) is 21.2 Å². The van der Waals surface area contributed by atoms with E-state index < -0.39 is 16.0 Å². The van der Waals surface area contributed by atoms with Gasteiger partial charge in [0.1, 0.15) is 0 Å². The van der Waals surface area contributed by atoms with E-state index in [2.05, 4.69) is 4.72 Å². The molecule has 0 spiro atoms. The van der Waals surface area contributed by atoms with E-state index in [4.69, 9.17) is 16.7 Å². The third-order valence-corrected chi connectivity index (χ3v) is 5.26. The summed E-state index contributed by atoms with van der Waals surface area (Å²) in [6.45, 7) is 0. The average Bonchev–Trinajstić information content (AvgIpc) is 2.33. The predicted octanol–water partition coefficient (Wildman–Crippen LogP) is 2.06. The van der Waals surface area contributed by atoms with Gasteiger partial charge in [0.15, 0.2) is 0 Å². The second kappa shape index (κ2) is 6.77. The van der Waals surface area contributed by atoms with Crippen molar-refractivity contribution >= 4 is 27.6 Å². The Kier molecular flexibility index (Phi) is 5.24. The lowest BCUT2D eigenvalue weighted by molar-refractivity contribution is -0.138. The zero-order chi connectivity index (χ0) is 15.5. The quantitative estimate of drug-likeness (QED) is 0.801. The van der Waals surface area contributed by atoms with E-state index >= 15 is 0 Å². The maximum Gasteiger partial charge on any atom is 0.303 e. The van der Waals surface area contributed by atoms with E-state index in [-0.39, 0.29) is 24.1 Å². The standard InChI is InChI=1S/C14H18ClNO4S/c15-12-3-1-2-10(6-12)4-5-21(19,20)16-13-7-11(8-13)9-14(17)18/h1-3,6,11,13,16H,4-5,7-9H2,(H,17,18). The largest absolute Gasteiger partial charge is 0.481 e. The van der Waals surface area contributed by atoms with Gasteiger partial charge in [-0.05, 0) is 42.9 Å². The summed E-state index contributed by atoms with van der Waals surface area (Å²) < 4.78 is 26.5. The molecule has 0 aliphatic heterocycles. The van der Waals surface area contributed by atoms with Crippen LogP contribution in [0, 0.1) is 5.92 Å². The summed E-state index contributed by atoms with van der Waals surface area (Å²) in [6.07, 6.45) is 1.72. The minimum atomic E-state index is -3.35. The zero-order valence-electron chi connectivity index (χ0n) is 11.5. The smallest absolute Gasteiger partial charge is 0.303 e. The Morgan fingerprint density at radius 2 is 2.10 bits per heavy atom. The molecule has 116 valence electrons. The Labute approximate surface area is 129 Å². The lowest BCUT2D eigenvalue weighted by Gasteiger charge is -2.34. The van der Waals surface area contributed by atoms with Gasteiger partial charge in [0.05, 0.1) is 5.75 Å². The molecule has 0 saturated heterocycles. The SMILES string of the molecule is O=C(O)CC1CC(NS(=O)(=O)CCc2cccc(Cl)c2)C1. The van der Waals surface area contributed by atoms with Crippen molar-refractivity contribution < 1.29 is 18.3 Å². The molecule has 1 aliphatic carbocycles. The normalized spacial score (nSPS) is 21.8. The third kappa shape index (κ3) is 5.30. The Morgan fingerprint density at radius 3 is 2.71 bits per heavy atom. The minimum Gasteiger partial charge on any atom is -0.481 e.